The topological polar surface area (TPSA) is 31.1 Å². The van der Waals surface area contributed by atoms with Crippen LogP contribution in [0.15, 0.2) is 61.6 Å². The molecule has 2 heterocycles. The van der Waals surface area contributed by atoms with Gasteiger partial charge in [-0.15, -0.1) is 6.58 Å². The van der Waals surface area contributed by atoms with E-state index in [1.807, 2.05) is 24.7 Å². The van der Waals surface area contributed by atoms with E-state index in [1.54, 1.807) is 0 Å². The number of nitrogens with one attached hydrogen (secondary N) is 2. The number of hydrogen-bond donors (Lipinski definition) is 2. The molecule has 0 saturated carbocycles. The maximum Gasteiger partial charge on any atom is 0.119 e. The van der Waals surface area contributed by atoms with Gasteiger partial charge in [0.2, 0.25) is 0 Å². The Morgan fingerprint density at radius 3 is 2.74 bits per heavy atom. The molecular formula is C16H17N3. The Hall–Kier alpha value is -2.42. The maximum atomic E-state index is 3.77. The Balaban J connectivity index is 1.91. The molecule has 0 radical (unpaired) electrons. The van der Waals surface area contributed by atoms with Crippen molar-refractivity contribution in [2.75, 3.05) is 11.6 Å². The van der Waals surface area contributed by atoms with Crippen LogP contribution in [-0.4, -0.2) is 11.7 Å². The first-order valence-electron chi connectivity index (χ1n) is 6.43. The maximum absolute atomic E-state index is 3.77. The van der Waals surface area contributed by atoms with E-state index in [9.17, 15) is 0 Å². The van der Waals surface area contributed by atoms with Crippen LogP contribution in [0.4, 0.5) is 5.82 Å². The third-order valence-electron chi connectivity index (χ3n) is 3.29. The normalized spacial score (nSPS) is 13.6. The molecule has 0 saturated heterocycles. The zero-order valence-corrected chi connectivity index (χ0v) is 10.8. The molecule has 1 aliphatic heterocycles. The summed E-state index contributed by atoms with van der Waals surface area (Å²) in [6.07, 6.45) is 8.82. The second-order valence-corrected chi connectivity index (χ2v) is 4.58. The summed E-state index contributed by atoms with van der Waals surface area (Å²) < 4.78 is 0. The van der Waals surface area contributed by atoms with E-state index in [2.05, 4.69) is 52.1 Å². The van der Waals surface area contributed by atoms with Gasteiger partial charge in [0, 0.05) is 24.2 Å². The number of aromatic nitrogens is 1. The predicted molar refractivity (Wildman–Crippen MR) is 79.8 cm³/mol. The van der Waals surface area contributed by atoms with Crippen LogP contribution in [0.1, 0.15) is 5.56 Å². The summed E-state index contributed by atoms with van der Waals surface area (Å²) in [6.45, 7) is 4.58. The summed E-state index contributed by atoms with van der Waals surface area (Å²) in [7, 11) is 0. The molecule has 1 aliphatic rings. The monoisotopic (exact) mass is 251 g/mol. The molecule has 1 aromatic carbocycles. The highest BCUT2D eigenvalue weighted by Gasteiger charge is 2.13. The minimum atomic E-state index is 0.808. The molecule has 19 heavy (non-hydrogen) atoms. The van der Waals surface area contributed by atoms with Crippen molar-refractivity contribution in [1.29, 1.82) is 0 Å². The van der Waals surface area contributed by atoms with Crippen LogP contribution in [0.5, 0.6) is 0 Å². The SMILES string of the molecule is C=CCc1ccc(-c2cc[nH]c2N2C=CNC2)cc1. The minimum Gasteiger partial charge on any atom is -0.372 e. The van der Waals surface area contributed by atoms with Crippen molar-refractivity contribution in [1.82, 2.24) is 10.3 Å². The Labute approximate surface area is 113 Å². The number of H-pyrrole nitrogens is 1. The first kappa shape index (κ1) is 11.7. The van der Waals surface area contributed by atoms with Crippen LogP contribution in [0.25, 0.3) is 11.1 Å². The number of hydrogen-bond acceptors (Lipinski definition) is 2. The van der Waals surface area contributed by atoms with Gasteiger partial charge in [-0.05, 0) is 23.6 Å². The molecule has 0 unspecified atom stereocenters. The van der Waals surface area contributed by atoms with Gasteiger partial charge in [0.05, 0.1) is 6.67 Å². The first-order chi connectivity index (χ1) is 9.38. The summed E-state index contributed by atoms with van der Waals surface area (Å²) in [5, 5.41) is 3.18. The highest BCUT2D eigenvalue weighted by Crippen LogP contribution is 2.30. The standard InChI is InChI=1S/C16H17N3/c1-2-3-13-4-6-14(7-5-13)15-8-9-18-16(15)19-11-10-17-12-19/h2,4-11,17-18H,1,3,12H2. The second kappa shape index (κ2) is 5.06. The van der Waals surface area contributed by atoms with Crippen LogP contribution >= 0.6 is 0 Å². The highest BCUT2D eigenvalue weighted by molar-refractivity contribution is 5.77. The molecule has 0 fully saturated rings. The molecule has 96 valence electrons. The fraction of sp³-hybridized carbons (Fsp3) is 0.125. The van der Waals surface area contributed by atoms with Gasteiger partial charge < -0.3 is 15.2 Å². The zero-order valence-electron chi connectivity index (χ0n) is 10.8. The lowest BCUT2D eigenvalue weighted by Crippen LogP contribution is -2.20. The molecule has 3 nitrogen and oxygen atoms in total. The van der Waals surface area contributed by atoms with Gasteiger partial charge in [0.1, 0.15) is 5.82 Å². The second-order valence-electron chi connectivity index (χ2n) is 4.58. The molecule has 0 bridgehead atoms. The van der Waals surface area contributed by atoms with Crippen molar-refractivity contribution in [2.45, 2.75) is 6.42 Å². The molecule has 0 amide bonds. The summed E-state index contributed by atoms with van der Waals surface area (Å²) in [5.41, 5.74) is 3.74. The summed E-state index contributed by atoms with van der Waals surface area (Å²) in [6, 6.07) is 10.8. The number of benzene rings is 1. The summed E-state index contributed by atoms with van der Waals surface area (Å²) >= 11 is 0. The fourth-order valence-electron chi connectivity index (χ4n) is 2.32. The van der Waals surface area contributed by atoms with Crippen molar-refractivity contribution in [3.05, 3.63) is 67.1 Å². The van der Waals surface area contributed by atoms with Gasteiger partial charge in [-0.25, -0.2) is 0 Å². The number of anilines is 1. The van der Waals surface area contributed by atoms with E-state index in [0.717, 1.165) is 18.9 Å². The number of rotatable bonds is 4. The molecule has 3 heteroatoms. The largest absolute Gasteiger partial charge is 0.372 e. The van der Waals surface area contributed by atoms with E-state index in [1.165, 1.54) is 16.7 Å². The van der Waals surface area contributed by atoms with Crippen LogP contribution in [0.2, 0.25) is 0 Å². The van der Waals surface area contributed by atoms with E-state index in [-0.39, 0.29) is 0 Å². The predicted octanol–water partition coefficient (Wildman–Crippen LogP) is 3.25. The van der Waals surface area contributed by atoms with Gasteiger partial charge in [0.15, 0.2) is 0 Å². The fourth-order valence-corrected chi connectivity index (χ4v) is 2.32. The van der Waals surface area contributed by atoms with Gasteiger partial charge in [-0.2, -0.15) is 0 Å². The summed E-state index contributed by atoms with van der Waals surface area (Å²) in [5.74, 6) is 1.12. The average Bonchev–Trinajstić information content (AvgIpc) is 3.11. The van der Waals surface area contributed by atoms with E-state index in [4.69, 9.17) is 0 Å². The third-order valence-corrected chi connectivity index (χ3v) is 3.29. The lowest BCUT2D eigenvalue weighted by atomic mass is 10.0. The van der Waals surface area contributed by atoms with Crippen LogP contribution in [0, 0.1) is 0 Å². The number of aromatic amines is 1. The van der Waals surface area contributed by atoms with Crippen molar-refractivity contribution >= 4 is 5.82 Å². The molecule has 2 N–H and O–H groups in total. The Bertz CT molecular complexity index is 593. The smallest absolute Gasteiger partial charge is 0.119 e. The Morgan fingerprint density at radius 1 is 1.21 bits per heavy atom. The van der Waals surface area contributed by atoms with Gasteiger partial charge in [0.25, 0.3) is 0 Å². The molecule has 0 spiro atoms. The first-order valence-corrected chi connectivity index (χ1v) is 6.43. The zero-order chi connectivity index (χ0) is 13.1. The van der Waals surface area contributed by atoms with Crippen molar-refractivity contribution in [2.24, 2.45) is 0 Å². The molecular weight excluding hydrogens is 234 g/mol. The third kappa shape index (κ3) is 2.27. The summed E-state index contributed by atoms with van der Waals surface area (Å²) in [4.78, 5) is 5.46. The molecule has 0 aliphatic carbocycles. The average molecular weight is 251 g/mol. The quantitative estimate of drug-likeness (QED) is 0.817. The van der Waals surface area contributed by atoms with Crippen molar-refractivity contribution in [3.8, 4) is 11.1 Å². The molecule has 3 rings (SSSR count). The van der Waals surface area contributed by atoms with Gasteiger partial charge in [-0.3, -0.25) is 0 Å². The van der Waals surface area contributed by atoms with Crippen LogP contribution < -0.4 is 10.2 Å². The van der Waals surface area contributed by atoms with Crippen LogP contribution in [-0.2, 0) is 6.42 Å². The minimum absolute atomic E-state index is 0.808. The number of allylic oxidation sites excluding steroid dienone is 1. The van der Waals surface area contributed by atoms with Gasteiger partial charge in [-0.1, -0.05) is 30.3 Å². The lowest BCUT2D eigenvalue weighted by molar-refractivity contribution is 0.891. The van der Waals surface area contributed by atoms with E-state index >= 15 is 0 Å². The molecule has 1 aromatic heterocycles. The van der Waals surface area contributed by atoms with Crippen molar-refractivity contribution < 1.29 is 0 Å². The van der Waals surface area contributed by atoms with Crippen molar-refractivity contribution in [3.63, 3.8) is 0 Å². The molecule has 2 aromatic rings. The lowest BCUT2D eigenvalue weighted by Gasteiger charge is -2.15. The molecule has 0 atom stereocenters. The van der Waals surface area contributed by atoms with Crippen LogP contribution in [0.3, 0.4) is 0 Å². The number of nitrogens with zero attached hydrogens (tertiary/aromatic N) is 1. The Kier molecular flexibility index (Phi) is 3.11. The van der Waals surface area contributed by atoms with Gasteiger partial charge >= 0.3 is 0 Å². The highest BCUT2D eigenvalue weighted by atomic mass is 15.3. The van der Waals surface area contributed by atoms with E-state index < -0.39 is 0 Å². The Morgan fingerprint density at radius 2 is 2.05 bits per heavy atom. The van der Waals surface area contributed by atoms with E-state index in [0.29, 0.717) is 0 Å².